The third-order valence-corrected chi connectivity index (χ3v) is 0. The molecule has 0 aromatic carbocycles. The van der Waals surface area contributed by atoms with Crippen molar-refractivity contribution in [3.63, 3.8) is 0 Å². The van der Waals surface area contributed by atoms with Crippen molar-refractivity contribution in [3.8, 4) is 0 Å². The summed E-state index contributed by atoms with van der Waals surface area (Å²) in [5.41, 5.74) is 0. The molecule has 0 rings (SSSR count). The Kier molecular flexibility index (Phi) is 210. The first kappa shape index (κ1) is 40.1. The average Bonchev–Trinajstić information content (AvgIpc) is 0. The smallest absolute Gasteiger partial charge is 0 e. The van der Waals surface area contributed by atoms with Gasteiger partial charge in [0.15, 0.2) is 0 Å². The first-order chi connectivity index (χ1) is 0. The molecule has 0 aromatic rings. The minimum absolute atomic E-state index is 0. The summed E-state index contributed by atoms with van der Waals surface area (Å²) in [6, 6.07) is 0. The monoisotopic (exact) mass is 312 g/mol. The number of hydrogen-bond donors (Lipinski definition) is 1. The topological polar surface area (TPSA) is 35.0 Å². The van der Waals surface area contributed by atoms with Crippen molar-refractivity contribution in [2.75, 3.05) is 0 Å². The van der Waals surface area contributed by atoms with Crippen LogP contribution in [0.3, 0.4) is 0 Å². The summed E-state index contributed by atoms with van der Waals surface area (Å²) < 4.78 is 0. The summed E-state index contributed by atoms with van der Waals surface area (Å²) in [5.74, 6) is 0. The predicted octanol–water partition coefficient (Wildman–Crippen LogP) is 0.154. The van der Waals surface area contributed by atoms with Crippen molar-refractivity contribution in [3.05, 3.63) is 0 Å². The molecular weight excluding hydrogens is 307 g/mol. The summed E-state index contributed by atoms with van der Waals surface area (Å²) >= 11 is 0. The Hall–Kier alpha value is 1.86. The molecule has 1 radical (unpaired) electrons. The van der Waals surface area contributed by atoms with Gasteiger partial charge in [0.05, 0.1) is 0 Å². The fraction of sp³-hybridized carbons (Fsp3) is 0. The maximum absolute atomic E-state index is 0. The van der Waals surface area contributed by atoms with E-state index >= 15 is 0 Å². The predicted molar refractivity (Wildman–Crippen MR) is 5.02 cm³/mol. The number of rotatable bonds is 0. The molecule has 0 aliphatic heterocycles. The van der Waals surface area contributed by atoms with Crippen molar-refractivity contribution in [2.45, 2.75) is 0 Å². The normalized spacial score (nSPS) is 0. The Bertz CT molecular complexity index is 8.00. The van der Waals surface area contributed by atoms with Crippen molar-refractivity contribution in [1.29, 1.82) is 0 Å². The molecule has 4 heteroatoms. The van der Waals surface area contributed by atoms with Gasteiger partial charge in [0.25, 0.3) is 0 Å². The molecule has 0 bridgehead atoms. The fourth-order valence-corrected chi connectivity index (χ4v) is 0. The largest absolute Gasteiger partial charge is 0.344 e. The SMILES string of the molecule is N.[Co].[Fe].[Hf]. The molecule has 3 N–H and O–H groups in total. The molecule has 0 saturated carbocycles. The van der Waals surface area contributed by atoms with Crippen molar-refractivity contribution < 1.29 is 59.7 Å². The molecule has 0 aliphatic rings. The first-order valence-corrected chi connectivity index (χ1v) is 0. The molecule has 0 unspecified atom stereocenters. The second-order valence-corrected chi connectivity index (χ2v) is 0. The summed E-state index contributed by atoms with van der Waals surface area (Å²) in [6.45, 7) is 0. The van der Waals surface area contributed by atoms with Crippen LogP contribution in [0.4, 0.5) is 0 Å². The maximum Gasteiger partial charge on any atom is 0 e. The van der Waals surface area contributed by atoms with E-state index in [-0.39, 0.29) is 65.8 Å². The van der Waals surface area contributed by atoms with Gasteiger partial charge in [-0.05, 0) is 0 Å². The molecule has 29 valence electrons. The van der Waals surface area contributed by atoms with Gasteiger partial charge >= 0.3 is 0 Å². The van der Waals surface area contributed by atoms with Crippen LogP contribution < -0.4 is 6.15 Å². The maximum atomic E-state index is 0. The summed E-state index contributed by atoms with van der Waals surface area (Å²) in [6.07, 6.45) is 0. The molecule has 0 heterocycles. The van der Waals surface area contributed by atoms with E-state index in [2.05, 4.69) is 0 Å². The molecule has 4 heavy (non-hydrogen) atoms. The zero-order valence-corrected chi connectivity index (χ0v) is 7.63. The fourth-order valence-electron chi connectivity index (χ4n) is 0. The molecular formula is H3CoFeHfN. The van der Waals surface area contributed by atoms with Gasteiger partial charge in [-0.2, -0.15) is 0 Å². The van der Waals surface area contributed by atoms with E-state index in [1.165, 1.54) is 0 Å². The van der Waals surface area contributed by atoms with Crippen molar-refractivity contribution in [1.82, 2.24) is 6.15 Å². The van der Waals surface area contributed by atoms with Gasteiger partial charge in [0, 0.05) is 59.7 Å². The Balaban J connectivity index is 0. The van der Waals surface area contributed by atoms with E-state index in [0.717, 1.165) is 0 Å². The summed E-state index contributed by atoms with van der Waals surface area (Å²) in [5, 5.41) is 0. The second-order valence-electron chi connectivity index (χ2n) is 0. The molecule has 1 nitrogen and oxygen atoms in total. The van der Waals surface area contributed by atoms with Crippen LogP contribution in [0, 0.1) is 0 Å². The minimum atomic E-state index is 0. The van der Waals surface area contributed by atoms with Crippen LogP contribution in [0.15, 0.2) is 0 Å². The average molecular weight is 310 g/mol. The van der Waals surface area contributed by atoms with E-state index in [1.807, 2.05) is 0 Å². The van der Waals surface area contributed by atoms with Crippen LogP contribution in [0.5, 0.6) is 0 Å². The van der Waals surface area contributed by atoms with Crippen molar-refractivity contribution in [2.24, 2.45) is 0 Å². The van der Waals surface area contributed by atoms with E-state index in [9.17, 15) is 0 Å². The first-order valence-electron chi connectivity index (χ1n) is 0. The van der Waals surface area contributed by atoms with Gasteiger partial charge in [-0.3, -0.25) is 0 Å². The Morgan fingerprint density at radius 2 is 1.00 bits per heavy atom. The Morgan fingerprint density at radius 1 is 1.00 bits per heavy atom. The van der Waals surface area contributed by atoms with Crippen LogP contribution in [-0.4, -0.2) is 0 Å². The summed E-state index contributed by atoms with van der Waals surface area (Å²) in [4.78, 5) is 0. The minimum Gasteiger partial charge on any atom is -0.344 e. The van der Waals surface area contributed by atoms with Crippen LogP contribution in [0.2, 0.25) is 0 Å². The molecule has 0 aromatic heterocycles. The van der Waals surface area contributed by atoms with Crippen LogP contribution in [-0.2, 0) is 59.7 Å². The van der Waals surface area contributed by atoms with Crippen LogP contribution >= 0.6 is 0 Å². The van der Waals surface area contributed by atoms with E-state index < -0.39 is 0 Å². The van der Waals surface area contributed by atoms with Crippen molar-refractivity contribution >= 4 is 0 Å². The van der Waals surface area contributed by atoms with Gasteiger partial charge in [-0.15, -0.1) is 0 Å². The van der Waals surface area contributed by atoms with Gasteiger partial charge < -0.3 is 6.15 Å². The van der Waals surface area contributed by atoms with Gasteiger partial charge in [-0.25, -0.2) is 0 Å². The number of hydrogen-bond acceptors (Lipinski definition) is 1. The van der Waals surface area contributed by atoms with E-state index in [4.69, 9.17) is 0 Å². The van der Waals surface area contributed by atoms with Gasteiger partial charge in [0.2, 0.25) is 0 Å². The molecule has 0 aliphatic carbocycles. The van der Waals surface area contributed by atoms with Gasteiger partial charge in [-0.1, -0.05) is 0 Å². The third kappa shape index (κ3) is 9.13. The molecule has 0 atom stereocenters. The Morgan fingerprint density at radius 3 is 1.00 bits per heavy atom. The molecule has 0 saturated heterocycles. The Labute approximate surface area is 65.3 Å². The molecule has 0 fully saturated rings. The third-order valence-electron chi connectivity index (χ3n) is 0. The van der Waals surface area contributed by atoms with Crippen LogP contribution in [0.25, 0.3) is 0 Å². The zero-order valence-electron chi connectivity index (χ0n) is 1.89. The molecule has 0 amide bonds. The van der Waals surface area contributed by atoms with E-state index in [1.54, 1.807) is 0 Å². The summed E-state index contributed by atoms with van der Waals surface area (Å²) in [7, 11) is 0. The van der Waals surface area contributed by atoms with E-state index in [0.29, 0.717) is 0 Å². The standard InChI is InChI=1S/Co.Fe.Hf.H3N/h;;;1H3. The zero-order chi connectivity index (χ0) is 0. The second kappa shape index (κ2) is 21.0. The van der Waals surface area contributed by atoms with Crippen LogP contribution in [0.1, 0.15) is 0 Å². The molecule has 0 spiro atoms. The van der Waals surface area contributed by atoms with Gasteiger partial charge in [0.1, 0.15) is 0 Å². The quantitative estimate of drug-likeness (QED) is 0.636.